The standard InChI is InChI=1S/C13H17FN2O.ClH/c14-12-6-2-1-5-11(12)7-8-13(17)16-10-4-3-9-15;/h1-2,5-8H,3-4,9-10,15H2,(H,16,17);1H. The number of unbranched alkanes of at least 4 members (excludes halogenated alkanes) is 1. The van der Waals surface area contributed by atoms with E-state index in [0.717, 1.165) is 12.8 Å². The number of benzene rings is 1. The summed E-state index contributed by atoms with van der Waals surface area (Å²) in [4.78, 5) is 11.3. The second kappa shape index (κ2) is 9.62. The van der Waals surface area contributed by atoms with Crippen molar-refractivity contribution in [1.29, 1.82) is 0 Å². The molecule has 3 nitrogen and oxygen atoms in total. The number of nitrogens with two attached hydrogens (primary N) is 1. The van der Waals surface area contributed by atoms with Gasteiger partial charge in [0.15, 0.2) is 0 Å². The van der Waals surface area contributed by atoms with Gasteiger partial charge in [-0.3, -0.25) is 4.79 Å². The first-order valence-corrected chi connectivity index (χ1v) is 5.64. The summed E-state index contributed by atoms with van der Waals surface area (Å²) in [5, 5.41) is 2.70. The molecule has 0 saturated carbocycles. The summed E-state index contributed by atoms with van der Waals surface area (Å²) in [6.07, 6.45) is 4.54. The minimum absolute atomic E-state index is 0. The quantitative estimate of drug-likeness (QED) is 0.616. The Bertz CT molecular complexity index is 396. The molecule has 1 rings (SSSR count). The van der Waals surface area contributed by atoms with Crippen molar-refractivity contribution in [3.05, 3.63) is 41.7 Å². The van der Waals surface area contributed by atoms with Crippen molar-refractivity contribution in [2.45, 2.75) is 12.8 Å². The second-order valence-electron chi connectivity index (χ2n) is 3.64. The number of nitrogens with one attached hydrogen (secondary N) is 1. The largest absolute Gasteiger partial charge is 0.353 e. The van der Waals surface area contributed by atoms with Gasteiger partial charge in [-0.2, -0.15) is 0 Å². The van der Waals surface area contributed by atoms with Crippen LogP contribution in [0.4, 0.5) is 4.39 Å². The Kier molecular flexibility index (Phi) is 8.88. The van der Waals surface area contributed by atoms with Crippen LogP contribution < -0.4 is 11.1 Å². The van der Waals surface area contributed by atoms with Crippen LogP contribution in [0.15, 0.2) is 30.3 Å². The van der Waals surface area contributed by atoms with Crippen LogP contribution in [0.2, 0.25) is 0 Å². The molecule has 5 heteroatoms. The zero-order chi connectivity index (χ0) is 12.5. The van der Waals surface area contributed by atoms with Crippen LogP contribution in [0.1, 0.15) is 18.4 Å². The van der Waals surface area contributed by atoms with Crippen LogP contribution in [0.3, 0.4) is 0 Å². The SMILES string of the molecule is Cl.NCCCCNC(=O)C=Cc1ccccc1F. The molecule has 0 aromatic heterocycles. The maximum atomic E-state index is 13.2. The molecular weight excluding hydrogens is 255 g/mol. The Morgan fingerprint density at radius 1 is 1.33 bits per heavy atom. The summed E-state index contributed by atoms with van der Waals surface area (Å²) < 4.78 is 13.2. The predicted molar refractivity (Wildman–Crippen MR) is 74.0 cm³/mol. The fourth-order valence-electron chi connectivity index (χ4n) is 1.32. The average molecular weight is 273 g/mol. The number of hydrogen-bond acceptors (Lipinski definition) is 2. The van der Waals surface area contributed by atoms with Crippen LogP contribution in [-0.4, -0.2) is 19.0 Å². The lowest BCUT2D eigenvalue weighted by Crippen LogP contribution is -2.22. The number of halogens is 2. The number of carbonyl (C=O) groups is 1. The van der Waals surface area contributed by atoms with Crippen molar-refractivity contribution in [1.82, 2.24) is 5.32 Å². The molecule has 0 unspecified atom stereocenters. The van der Waals surface area contributed by atoms with E-state index in [4.69, 9.17) is 5.73 Å². The monoisotopic (exact) mass is 272 g/mol. The van der Waals surface area contributed by atoms with Gasteiger partial charge >= 0.3 is 0 Å². The minimum Gasteiger partial charge on any atom is -0.353 e. The average Bonchev–Trinajstić information content (AvgIpc) is 2.34. The first-order chi connectivity index (χ1) is 8.24. The van der Waals surface area contributed by atoms with Gasteiger partial charge in [0.05, 0.1) is 0 Å². The minimum atomic E-state index is -0.334. The van der Waals surface area contributed by atoms with Crippen molar-refractivity contribution < 1.29 is 9.18 Å². The van der Waals surface area contributed by atoms with Crippen LogP contribution in [0.5, 0.6) is 0 Å². The van der Waals surface area contributed by atoms with E-state index < -0.39 is 0 Å². The number of amides is 1. The Morgan fingerprint density at radius 2 is 2.06 bits per heavy atom. The molecule has 0 atom stereocenters. The van der Waals surface area contributed by atoms with Gasteiger partial charge in [0.25, 0.3) is 0 Å². The van der Waals surface area contributed by atoms with E-state index in [0.29, 0.717) is 18.7 Å². The van der Waals surface area contributed by atoms with Crippen molar-refractivity contribution in [3.63, 3.8) is 0 Å². The molecule has 100 valence electrons. The molecule has 18 heavy (non-hydrogen) atoms. The van der Waals surface area contributed by atoms with Crippen LogP contribution in [-0.2, 0) is 4.79 Å². The third-order valence-corrected chi connectivity index (χ3v) is 2.25. The second-order valence-corrected chi connectivity index (χ2v) is 3.64. The van der Waals surface area contributed by atoms with E-state index in [1.54, 1.807) is 18.2 Å². The van der Waals surface area contributed by atoms with Crippen LogP contribution in [0.25, 0.3) is 6.08 Å². The molecule has 0 aliphatic heterocycles. The first-order valence-electron chi connectivity index (χ1n) is 5.64. The van der Waals surface area contributed by atoms with E-state index >= 15 is 0 Å². The van der Waals surface area contributed by atoms with Crippen molar-refractivity contribution >= 4 is 24.4 Å². The highest BCUT2D eigenvalue weighted by Crippen LogP contribution is 2.07. The highest BCUT2D eigenvalue weighted by atomic mass is 35.5. The smallest absolute Gasteiger partial charge is 0.244 e. The van der Waals surface area contributed by atoms with Gasteiger partial charge in [-0.25, -0.2) is 4.39 Å². The van der Waals surface area contributed by atoms with Crippen LogP contribution >= 0.6 is 12.4 Å². The Morgan fingerprint density at radius 3 is 2.72 bits per heavy atom. The molecule has 0 aliphatic carbocycles. The van der Waals surface area contributed by atoms with Gasteiger partial charge in [0.2, 0.25) is 5.91 Å². The van der Waals surface area contributed by atoms with E-state index in [1.165, 1.54) is 18.2 Å². The third-order valence-electron chi connectivity index (χ3n) is 2.25. The summed E-state index contributed by atoms with van der Waals surface area (Å²) in [6.45, 7) is 1.22. The third kappa shape index (κ3) is 6.37. The van der Waals surface area contributed by atoms with Gasteiger partial charge in [-0.05, 0) is 31.5 Å². The summed E-state index contributed by atoms with van der Waals surface area (Å²) in [7, 11) is 0. The summed E-state index contributed by atoms with van der Waals surface area (Å²) in [6, 6.07) is 6.31. The molecule has 0 fully saturated rings. The number of rotatable bonds is 6. The Hall–Kier alpha value is -1.39. The molecule has 3 N–H and O–H groups in total. The lowest BCUT2D eigenvalue weighted by atomic mass is 10.2. The van der Waals surface area contributed by atoms with E-state index in [1.807, 2.05) is 0 Å². The lowest BCUT2D eigenvalue weighted by molar-refractivity contribution is -0.116. The van der Waals surface area contributed by atoms with Gasteiger partial charge < -0.3 is 11.1 Å². The summed E-state index contributed by atoms with van der Waals surface area (Å²) >= 11 is 0. The van der Waals surface area contributed by atoms with Crippen molar-refractivity contribution in [2.24, 2.45) is 5.73 Å². The molecule has 0 saturated heterocycles. The molecular formula is C13H18ClFN2O. The normalized spacial score (nSPS) is 10.1. The number of hydrogen-bond donors (Lipinski definition) is 2. The maximum absolute atomic E-state index is 13.2. The van der Waals surface area contributed by atoms with Gasteiger partial charge in [0.1, 0.15) is 5.82 Å². The molecule has 0 radical (unpaired) electrons. The zero-order valence-corrected chi connectivity index (χ0v) is 10.9. The molecule has 1 aromatic carbocycles. The molecule has 1 aromatic rings. The molecule has 0 heterocycles. The topological polar surface area (TPSA) is 55.1 Å². The first kappa shape index (κ1) is 16.6. The van der Waals surface area contributed by atoms with E-state index in [2.05, 4.69) is 5.32 Å². The Balaban J connectivity index is 0.00000289. The fourth-order valence-corrected chi connectivity index (χ4v) is 1.32. The van der Waals surface area contributed by atoms with Gasteiger partial charge in [-0.15, -0.1) is 12.4 Å². The van der Waals surface area contributed by atoms with Crippen LogP contribution in [0, 0.1) is 5.82 Å². The predicted octanol–water partition coefficient (Wildman–Crippen LogP) is 2.12. The summed E-state index contributed by atoms with van der Waals surface area (Å²) in [5.41, 5.74) is 5.74. The maximum Gasteiger partial charge on any atom is 0.244 e. The fraction of sp³-hybridized carbons (Fsp3) is 0.308. The van der Waals surface area contributed by atoms with Gasteiger partial charge in [0, 0.05) is 18.2 Å². The highest BCUT2D eigenvalue weighted by molar-refractivity contribution is 5.91. The molecule has 1 amide bonds. The van der Waals surface area contributed by atoms with Crippen molar-refractivity contribution in [2.75, 3.05) is 13.1 Å². The van der Waals surface area contributed by atoms with E-state index in [9.17, 15) is 9.18 Å². The zero-order valence-electron chi connectivity index (χ0n) is 10.1. The van der Waals surface area contributed by atoms with E-state index in [-0.39, 0.29) is 24.1 Å². The summed E-state index contributed by atoms with van der Waals surface area (Å²) in [5.74, 6) is -0.551. The molecule has 0 aliphatic rings. The highest BCUT2D eigenvalue weighted by Gasteiger charge is 1.97. The van der Waals surface area contributed by atoms with Gasteiger partial charge in [-0.1, -0.05) is 18.2 Å². The number of carbonyl (C=O) groups excluding carboxylic acids is 1. The Labute approximate surface area is 113 Å². The molecule has 0 bridgehead atoms. The van der Waals surface area contributed by atoms with Crippen molar-refractivity contribution in [3.8, 4) is 0 Å². The lowest BCUT2D eigenvalue weighted by Gasteiger charge is -2.00. The molecule has 0 spiro atoms.